The highest BCUT2D eigenvalue weighted by Crippen LogP contribution is 2.18. The number of carbonyl (C=O) groups is 2. The number of nitrogens with zero attached hydrogens (tertiary/aromatic N) is 1. The van der Waals surface area contributed by atoms with E-state index in [4.69, 9.17) is 5.26 Å². The van der Waals surface area contributed by atoms with Gasteiger partial charge in [0.2, 0.25) is 5.91 Å². The van der Waals surface area contributed by atoms with Gasteiger partial charge in [-0.3, -0.25) is 9.59 Å². The zero-order valence-corrected chi connectivity index (χ0v) is 15.3. The van der Waals surface area contributed by atoms with Crippen molar-refractivity contribution in [2.24, 2.45) is 0 Å². The van der Waals surface area contributed by atoms with Gasteiger partial charge in [-0.2, -0.15) is 5.26 Å². The number of rotatable bonds is 6. The van der Waals surface area contributed by atoms with Crippen molar-refractivity contribution >= 4 is 27.7 Å². The molecule has 0 radical (unpaired) electrons. The lowest BCUT2D eigenvalue weighted by Crippen LogP contribution is -2.33. The third kappa shape index (κ3) is 5.56. The molecular weight excluding hydrogens is 427 g/mol. The highest BCUT2D eigenvalue weighted by molar-refractivity contribution is 9.10. The Bertz CT molecular complexity index is 915. The van der Waals surface area contributed by atoms with Gasteiger partial charge in [-0.15, -0.1) is 0 Å². The van der Waals surface area contributed by atoms with Crippen molar-refractivity contribution in [3.63, 3.8) is 0 Å². The van der Waals surface area contributed by atoms with Crippen molar-refractivity contribution in [1.82, 2.24) is 10.6 Å². The molecule has 0 saturated heterocycles. The molecule has 2 amide bonds. The quantitative estimate of drug-likeness (QED) is 0.723. The number of hydrogen-bond donors (Lipinski definition) is 2. The second kappa shape index (κ2) is 9.19. The van der Waals surface area contributed by atoms with E-state index < -0.39 is 35.3 Å². The molecule has 1 unspecified atom stereocenters. The first kappa shape index (κ1) is 20.5. The Morgan fingerprint density at radius 3 is 2.44 bits per heavy atom. The van der Waals surface area contributed by atoms with E-state index in [9.17, 15) is 22.8 Å². The van der Waals surface area contributed by atoms with E-state index in [-0.39, 0.29) is 24.1 Å². The van der Waals surface area contributed by atoms with Crippen molar-refractivity contribution in [3.8, 4) is 6.07 Å². The molecular formula is C18H13BrF3N3O2. The van der Waals surface area contributed by atoms with Gasteiger partial charge in [0.05, 0.1) is 11.6 Å². The van der Waals surface area contributed by atoms with Crippen molar-refractivity contribution in [3.05, 3.63) is 69.4 Å². The van der Waals surface area contributed by atoms with Crippen LogP contribution in [0.4, 0.5) is 13.2 Å². The Morgan fingerprint density at radius 1 is 1.11 bits per heavy atom. The Morgan fingerprint density at radius 2 is 1.78 bits per heavy atom. The van der Waals surface area contributed by atoms with Crippen LogP contribution in [0, 0.1) is 28.8 Å². The third-order valence-electron chi connectivity index (χ3n) is 3.52. The van der Waals surface area contributed by atoms with Gasteiger partial charge >= 0.3 is 0 Å². The van der Waals surface area contributed by atoms with E-state index in [0.717, 1.165) is 18.2 Å². The zero-order valence-electron chi connectivity index (χ0n) is 13.7. The molecule has 2 aromatic carbocycles. The molecule has 140 valence electrons. The van der Waals surface area contributed by atoms with Crippen molar-refractivity contribution in [2.75, 3.05) is 6.54 Å². The molecule has 0 aromatic heterocycles. The first-order valence-electron chi connectivity index (χ1n) is 7.69. The van der Waals surface area contributed by atoms with E-state index in [2.05, 4.69) is 26.6 Å². The molecule has 27 heavy (non-hydrogen) atoms. The molecule has 0 aliphatic carbocycles. The van der Waals surface area contributed by atoms with Crippen LogP contribution in [0.25, 0.3) is 0 Å². The summed E-state index contributed by atoms with van der Waals surface area (Å²) in [5.41, 5.74) is -0.0985. The fraction of sp³-hybridized carbons (Fsp3) is 0.167. The van der Waals surface area contributed by atoms with Gasteiger partial charge in [0.25, 0.3) is 5.91 Å². The molecule has 0 spiro atoms. The summed E-state index contributed by atoms with van der Waals surface area (Å²) in [5.74, 6) is -3.55. The minimum absolute atomic E-state index is 0.0682. The Labute approximate surface area is 161 Å². The number of hydrogen-bond acceptors (Lipinski definition) is 3. The Balaban J connectivity index is 1.90. The molecule has 0 saturated carbocycles. The second-order valence-corrected chi connectivity index (χ2v) is 6.28. The molecule has 2 N–H and O–H groups in total. The van der Waals surface area contributed by atoms with E-state index in [1.807, 2.05) is 0 Å². The monoisotopic (exact) mass is 439 g/mol. The fourth-order valence-corrected chi connectivity index (χ4v) is 2.63. The molecule has 0 aliphatic rings. The maximum Gasteiger partial charge on any atom is 0.252 e. The second-order valence-electron chi connectivity index (χ2n) is 5.43. The first-order chi connectivity index (χ1) is 12.8. The maximum atomic E-state index is 13.7. The van der Waals surface area contributed by atoms with Gasteiger partial charge < -0.3 is 10.6 Å². The predicted molar refractivity (Wildman–Crippen MR) is 93.9 cm³/mol. The summed E-state index contributed by atoms with van der Waals surface area (Å²) in [5, 5.41) is 13.8. The summed E-state index contributed by atoms with van der Waals surface area (Å²) in [7, 11) is 0. The summed E-state index contributed by atoms with van der Waals surface area (Å²) >= 11 is 3.13. The summed E-state index contributed by atoms with van der Waals surface area (Å²) in [4.78, 5) is 23.9. The smallest absolute Gasteiger partial charge is 0.252 e. The van der Waals surface area contributed by atoms with Crippen LogP contribution < -0.4 is 10.6 Å². The van der Waals surface area contributed by atoms with Crippen LogP contribution >= 0.6 is 15.9 Å². The van der Waals surface area contributed by atoms with E-state index in [1.165, 1.54) is 12.1 Å². The normalized spacial score (nSPS) is 11.4. The van der Waals surface area contributed by atoms with Gasteiger partial charge in [0, 0.05) is 29.1 Å². The lowest BCUT2D eigenvalue weighted by Gasteiger charge is -2.13. The van der Waals surface area contributed by atoms with Crippen molar-refractivity contribution < 1.29 is 22.8 Å². The first-order valence-corrected chi connectivity index (χ1v) is 8.48. The van der Waals surface area contributed by atoms with Gasteiger partial charge in [0.15, 0.2) is 0 Å². The lowest BCUT2D eigenvalue weighted by atomic mass is 10.1. The molecule has 9 heteroatoms. The largest absolute Gasteiger partial charge is 0.351 e. The van der Waals surface area contributed by atoms with Crippen LogP contribution in [0.15, 0.2) is 40.9 Å². The number of carbonyl (C=O) groups excluding carboxylic acids is 2. The van der Waals surface area contributed by atoms with Gasteiger partial charge in [-0.05, 0) is 40.2 Å². The molecule has 2 aromatic rings. The average Bonchev–Trinajstić information content (AvgIpc) is 2.62. The number of halogens is 4. The number of benzene rings is 2. The van der Waals surface area contributed by atoms with Crippen LogP contribution in [0.5, 0.6) is 0 Å². The number of nitriles is 1. The predicted octanol–water partition coefficient (Wildman–Crippen LogP) is 3.37. The van der Waals surface area contributed by atoms with Crippen molar-refractivity contribution in [1.29, 1.82) is 5.26 Å². The van der Waals surface area contributed by atoms with E-state index >= 15 is 0 Å². The molecule has 0 heterocycles. The highest BCUT2D eigenvalue weighted by atomic mass is 79.9. The van der Waals surface area contributed by atoms with Gasteiger partial charge in [0.1, 0.15) is 23.5 Å². The minimum atomic E-state index is -1.30. The summed E-state index contributed by atoms with van der Waals surface area (Å²) < 4.78 is 40.3. The van der Waals surface area contributed by atoms with Crippen molar-refractivity contribution in [2.45, 2.75) is 12.5 Å². The van der Waals surface area contributed by atoms with E-state index in [0.29, 0.717) is 10.5 Å². The summed E-state index contributed by atoms with van der Waals surface area (Å²) in [6.45, 7) is -0.0856. The summed E-state index contributed by atoms with van der Waals surface area (Å²) in [6.07, 6.45) is -0.195. The molecule has 0 fully saturated rings. The molecule has 1 atom stereocenters. The van der Waals surface area contributed by atoms with Gasteiger partial charge in [-0.1, -0.05) is 6.07 Å². The maximum absolute atomic E-state index is 13.7. The SMILES string of the molecule is N#CC(NC(=O)CCNC(=O)c1cc(F)ccc1Br)c1ccc(F)cc1F. The van der Waals surface area contributed by atoms with E-state index in [1.54, 1.807) is 6.07 Å². The zero-order chi connectivity index (χ0) is 20.0. The fourth-order valence-electron chi connectivity index (χ4n) is 2.20. The highest BCUT2D eigenvalue weighted by Gasteiger charge is 2.18. The van der Waals surface area contributed by atoms with Gasteiger partial charge in [-0.25, -0.2) is 13.2 Å². The standard InChI is InChI=1S/C18H13BrF3N3O2/c19-14-4-2-10(20)7-13(14)18(27)24-6-5-17(26)25-16(9-23)12-3-1-11(21)8-15(12)22/h1-4,7-8,16H,5-6H2,(H,24,27)(H,25,26). The van der Waals surface area contributed by atoms with Crippen LogP contribution in [-0.4, -0.2) is 18.4 Å². The van der Waals surface area contributed by atoms with Crippen LogP contribution in [0.2, 0.25) is 0 Å². The number of nitrogens with one attached hydrogen (secondary N) is 2. The Hall–Kier alpha value is -2.86. The lowest BCUT2D eigenvalue weighted by molar-refractivity contribution is -0.121. The van der Waals surface area contributed by atoms with Crippen LogP contribution in [0.1, 0.15) is 28.4 Å². The van der Waals surface area contributed by atoms with Crippen LogP contribution in [-0.2, 0) is 4.79 Å². The third-order valence-corrected chi connectivity index (χ3v) is 4.21. The molecule has 2 rings (SSSR count). The van der Waals surface area contributed by atoms with Crippen LogP contribution in [0.3, 0.4) is 0 Å². The topological polar surface area (TPSA) is 82.0 Å². The summed E-state index contributed by atoms with van der Waals surface area (Å²) in [6, 6.07) is 6.69. The average molecular weight is 440 g/mol. The molecule has 5 nitrogen and oxygen atoms in total. The molecule has 0 bridgehead atoms. The number of amides is 2. The Kier molecular flexibility index (Phi) is 6.96. The minimum Gasteiger partial charge on any atom is -0.351 e. The molecule has 0 aliphatic heterocycles.